The predicted molar refractivity (Wildman–Crippen MR) is 127 cm³/mol. The molecule has 0 radical (unpaired) electrons. The highest BCUT2D eigenvalue weighted by Gasteiger charge is 2.20. The van der Waals surface area contributed by atoms with Crippen LogP contribution in [-0.2, 0) is 0 Å². The molecule has 1 heteroatoms. The first kappa shape index (κ1) is 18.0. The summed E-state index contributed by atoms with van der Waals surface area (Å²) >= 11 is 1.94. The van der Waals surface area contributed by atoms with Gasteiger partial charge in [0.25, 0.3) is 0 Å². The molecule has 0 aliphatic carbocycles. The van der Waals surface area contributed by atoms with Crippen LogP contribution in [0, 0.1) is 0 Å². The van der Waals surface area contributed by atoms with E-state index in [1.807, 2.05) is 11.8 Å². The number of hydrogen-bond acceptors (Lipinski definition) is 1. The van der Waals surface area contributed by atoms with E-state index in [1.165, 1.54) is 43.5 Å². The van der Waals surface area contributed by atoms with Crippen LogP contribution in [0.15, 0.2) is 114 Å². The van der Waals surface area contributed by atoms with Crippen LogP contribution in [0.2, 0.25) is 0 Å². The molecule has 0 bridgehead atoms. The molecule has 4 aromatic rings. The highest BCUT2D eigenvalue weighted by Crippen LogP contribution is 2.42. The number of fused-ring (bicyclic) bond motifs is 3. The van der Waals surface area contributed by atoms with Crippen LogP contribution in [0.1, 0.15) is 23.6 Å². The molecule has 0 saturated carbocycles. The Kier molecular flexibility index (Phi) is 4.83. The third-order valence-electron chi connectivity index (χ3n) is 5.46. The summed E-state index contributed by atoms with van der Waals surface area (Å²) in [6, 6.07) is 34.6. The molecular weight excluding hydrogens is 368 g/mol. The molecule has 0 N–H and O–H groups in total. The van der Waals surface area contributed by atoms with E-state index < -0.39 is 0 Å². The van der Waals surface area contributed by atoms with Crippen LogP contribution in [0.25, 0.3) is 21.9 Å². The van der Waals surface area contributed by atoms with Crippen molar-refractivity contribution >= 4 is 33.7 Å². The lowest BCUT2D eigenvalue weighted by atomic mass is 9.95. The molecule has 0 spiro atoms. The first-order valence-electron chi connectivity index (χ1n) is 9.99. The van der Waals surface area contributed by atoms with Gasteiger partial charge in [0.2, 0.25) is 0 Å². The van der Waals surface area contributed by atoms with E-state index >= 15 is 0 Å². The fourth-order valence-corrected chi connectivity index (χ4v) is 5.41. The van der Waals surface area contributed by atoms with Crippen molar-refractivity contribution in [3.63, 3.8) is 0 Å². The largest absolute Gasteiger partial charge is 0.114 e. The average Bonchev–Trinajstić information content (AvgIpc) is 2.78. The van der Waals surface area contributed by atoms with Crippen molar-refractivity contribution < 1.29 is 0 Å². The van der Waals surface area contributed by atoms with Gasteiger partial charge in [-0.3, -0.25) is 0 Å². The van der Waals surface area contributed by atoms with E-state index in [2.05, 4.69) is 116 Å². The molecule has 1 heterocycles. The zero-order valence-electron chi connectivity index (χ0n) is 16.4. The normalized spacial score (nSPS) is 15.5. The van der Waals surface area contributed by atoms with Gasteiger partial charge in [-0.25, -0.2) is 0 Å². The molecule has 140 valence electrons. The van der Waals surface area contributed by atoms with Crippen molar-refractivity contribution in [2.45, 2.75) is 17.1 Å². The fourth-order valence-electron chi connectivity index (χ4n) is 4.11. The van der Waals surface area contributed by atoms with Crippen molar-refractivity contribution in [3.05, 3.63) is 126 Å². The predicted octanol–water partition coefficient (Wildman–Crippen LogP) is 7.85. The van der Waals surface area contributed by atoms with Gasteiger partial charge in [0, 0.05) is 10.1 Å². The van der Waals surface area contributed by atoms with Gasteiger partial charge in [0.1, 0.15) is 0 Å². The number of allylic oxidation sites excluding steroid dienone is 1. The Morgan fingerprint density at radius 3 is 2.03 bits per heavy atom. The minimum Gasteiger partial charge on any atom is -0.114 e. The van der Waals surface area contributed by atoms with Crippen molar-refractivity contribution in [1.82, 2.24) is 0 Å². The molecule has 1 aliphatic rings. The summed E-state index contributed by atoms with van der Waals surface area (Å²) < 4.78 is 0. The first-order chi connectivity index (χ1) is 14.3. The van der Waals surface area contributed by atoms with Crippen LogP contribution < -0.4 is 0 Å². The van der Waals surface area contributed by atoms with Crippen LogP contribution >= 0.6 is 11.8 Å². The molecule has 0 amide bonds. The number of thioether (sulfide) groups is 1. The van der Waals surface area contributed by atoms with Crippen LogP contribution in [0.4, 0.5) is 0 Å². The van der Waals surface area contributed by atoms with Crippen molar-refractivity contribution in [2.24, 2.45) is 0 Å². The maximum atomic E-state index is 2.41. The summed E-state index contributed by atoms with van der Waals surface area (Å²) in [5.41, 5.74) is 6.55. The van der Waals surface area contributed by atoms with Gasteiger partial charge >= 0.3 is 0 Å². The second kappa shape index (κ2) is 7.77. The zero-order valence-corrected chi connectivity index (χ0v) is 17.2. The molecule has 4 aromatic carbocycles. The Labute approximate surface area is 176 Å². The van der Waals surface area contributed by atoms with Gasteiger partial charge in [-0.05, 0) is 51.6 Å². The molecule has 1 unspecified atom stereocenters. The summed E-state index contributed by atoms with van der Waals surface area (Å²) in [5.74, 6) is 0. The minimum atomic E-state index is 0.305. The molecule has 0 nitrogen and oxygen atoms in total. The third kappa shape index (κ3) is 3.54. The molecule has 5 rings (SSSR count). The second-order valence-electron chi connectivity index (χ2n) is 7.40. The fraction of sp³-hybridized carbons (Fsp3) is 0.0714. The maximum Gasteiger partial charge on any atom is 0.0470 e. The quantitative estimate of drug-likeness (QED) is 0.343. The van der Waals surface area contributed by atoms with E-state index in [0.29, 0.717) is 5.25 Å². The van der Waals surface area contributed by atoms with Gasteiger partial charge < -0.3 is 0 Å². The smallest absolute Gasteiger partial charge is 0.0470 e. The Balaban J connectivity index is 1.60. The van der Waals surface area contributed by atoms with E-state index in [0.717, 1.165) is 0 Å². The van der Waals surface area contributed by atoms with Gasteiger partial charge in [0.15, 0.2) is 0 Å². The molecule has 0 saturated heterocycles. The summed E-state index contributed by atoms with van der Waals surface area (Å²) in [5, 5.41) is 2.96. The Bertz CT molecular complexity index is 1180. The van der Waals surface area contributed by atoms with E-state index in [9.17, 15) is 0 Å². The van der Waals surface area contributed by atoms with Gasteiger partial charge in [0.05, 0.1) is 0 Å². The molecular formula is C28H22S. The van der Waals surface area contributed by atoms with E-state index in [4.69, 9.17) is 0 Å². The Morgan fingerprint density at radius 2 is 1.34 bits per heavy atom. The van der Waals surface area contributed by atoms with E-state index in [1.54, 1.807) is 0 Å². The molecule has 1 atom stereocenters. The van der Waals surface area contributed by atoms with Gasteiger partial charge in [-0.15, -0.1) is 11.8 Å². The van der Waals surface area contributed by atoms with E-state index in [-0.39, 0.29) is 0 Å². The minimum absolute atomic E-state index is 0.305. The zero-order chi connectivity index (χ0) is 19.6. The monoisotopic (exact) mass is 390 g/mol. The summed E-state index contributed by atoms with van der Waals surface area (Å²) in [6.07, 6.45) is 4.82. The summed E-state index contributed by atoms with van der Waals surface area (Å²) in [7, 11) is 0. The topological polar surface area (TPSA) is 0 Å². The average molecular weight is 391 g/mol. The Morgan fingerprint density at radius 1 is 0.724 bits per heavy atom. The molecule has 29 heavy (non-hydrogen) atoms. The SMILES string of the molecule is CC1=CC(C=C(c2ccccc2)c2ccccc2)Sc2ccc3ccccc3c21. The maximum absolute atomic E-state index is 2.41. The summed E-state index contributed by atoms with van der Waals surface area (Å²) in [6.45, 7) is 2.25. The standard InChI is InChI=1S/C28H22S/c1-20-18-24(29-27-17-16-23-14-8-9-15-25(23)28(20)27)19-26(21-10-4-2-5-11-21)22-12-6-3-7-13-22/h2-19,24H,1H3. The van der Waals surface area contributed by atoms with Crippen LogP contribution in [0.3, 0.4) is 0 Å². The highest BCUT2D eigenvalue weighted by atomic mass is 32.2. The Hall–Kier alpha value is -3.03. The van der Waals surface area contributed by atoms with Gasteiger partial charge in [-0.1, -0.05) is 103 Å². The third-order valence-corrected chi connectivity index (χ3v) is 6.60. The second-order valence-corrected chi connectivity index (χ2v) is 8.62. The number of hydrogen-bond donors (Lipinski definition) is 0. The number of benzene rings is 4. The molecule has 0 fully saturated rings. The lowest BCUT2D eigenvalue weighted by Crippen LogP contribution is -2.04. The molecule has 1 aliphatic heterocycles. The van der Waals surface area contributed by atoms with Crippen LogP contribution in [-0.4, -0.2) is 5.25 Å². The highest BCUT2D eigenvalue weighted by molar-refractivity contribution is 8.00. The lowest BCUT2D eigenvalue weighted by Gasteiger charge is -2.23. The van der Waals surface area contributed by atoms with Crippen LogP contribution in [0.5, 0.6) is 0 Å². The molecule has 0 aromatic heterocycles. The first-order valence-corrected chi connectivity index (χ1v) is 10.9. The van der Waals surface area contributed by atoms with Gasteiger partial charge in [-0.2, -0.15) is 0 Å². The lowest BCUT2D eigenvalue weighted by molar-refractivity contribution is 1.30. The summed E-state index contributed by atoms with van der Waals surface area (Å²) in [4.78, 5) is 1.37. The van der Waals surface area contributed by atoms with Crippen molar-refractivity contribution in [2.75, 3.05) is 0 Å². The number of rotatable bonds is 3. The van der Waals surface area contributed by atoms with Crippen molar-refractivity contribution in [1.29, 1.82) is 0 Å². The van der Waals surface area contributed by atoms with Crippen molar-refractivity contribution in [3.8, 4) is 0 Å².